The van der Waals surface area contributed by atoms with Gasteiger partial charge in [0.15, 0.2) is 11.9 Å². The van der Waals surface area contributed by atoms with Gasteiger partial charge in [0.05, 0.1) is 24.6 Å². The fourth-order valence-corrected chi connectivity index (χ4v) is 2.74. The first-order chi connectivity index (χ1) is 14.0. The molecule has 3 aromatic rings. The maximum Gasteiger partial charge on any atom is 0.339 e. The molecule has 1 heterocycles. The van der Waals surface area contributed by atoms with Gasteiger partial charge >= 0.3 is 5.97 Å². The summed E-state index contributed by atoms with van der Waals surface area (Å²) in [4.78, 5) is 37.5. The highest BCUT2D eigenvalue weighted by atomic mass is 35.5. The smallest absolute Gasteiger partial charge is 0.339 e. The number of hydrogen-bond acceptors (Lipinski definition) is 6. The minimum Gasteiger partial charge on any atom is -0.465 e. The van der Waals surface area contributed by atoms with E-state index in [4.69, 9.17) is 20.8 Å². The molecule has 1 atom stereocenters. The quantitative estimate of drug-likeness (QED) is 0.348. The average Bonchev–Trinajstić information content (AvgIpc) is 3.28. The second-order valence-electron chi connectivity index (χ2n) is 5.94. The maximum absolute atomic E-state index is 13.0. The lowest BCUT2D eigenvalue weighted by molar-refractivity contribution is 0.0601. The molecule has 0 aliphatic carbocycles. The Morgan fingerprint density at radius 2 is 1.72 bits per heavy atom. The van der Waals surface area contributed by atoms with Crippen LogP contribution in [0.4, 0.5) is 5.69 Å². The molecule has 0 aliphatic rings. The van der Waals surface area contributed by atoms with Crippen LogP contribution in [0.25, 0.3) is 0 Å². The Kier molecular flexibility index (Phi) is 6.31. The molecule has 7 nitrogen and oxygen atoms in total. The van der Waals surface area contributed by atoms with Gasteiger partial charge in [-0.1, -0.05) is 23.7 Å². The van der Waals surface area contributed by atoms with Crippen molar-refractivity contribution in [2.75, 3.05) is 12.4 Å². The van der Waals surface area contributed by atoms with Gasteiger partial charge in [-0.25, -0.2) is 4.79 Å². The van der Waals surface area contributed by atoms with Crippen LogP contribution in [0.15, 0.2) is 71.3 Å². The molecule has 3 rings (SSSR count). The molecule has 0 bridgehead atoms. The lowest BCUT2D eigenvalue weighted by Crippen LogP contribution is -2.46. The highest BCUT2D eigenvalue weighted by molar-refractivity contribution is 6.30. The third kappa shape index (κ3) is 4.83. The molecule has 1 aromatic heterocycles. The van der Waals surface area contributed by atoms with Gasteiger partial charge in [-0.3, -0.25) is 9.59 Å². The van der Waals surface area contributed by atoms with E-state index < -0.39 is 23.8 Å². The number of ether oxygens (including phenoxy) is 1. The predicted molar refractivity (Wildman–Crippen MR) is 107 cm³/mol. The third-order valence-corrected chi connectivity index (χ3v) is 4.30. The number of carbonyl (C=O) groups is 3. The van der Waals surface area contributed by atoms with Crippen LogP contribution in [-0.4, -0.2) is 30.9 Å². The fourth-order valence-electron chi connectivity index (χ4n) is 2.61. The molecule has 29 heavy (non-hydrogen) atoms. The molecule has 2 N–H and O–H groups in total. The number of para-hydroxylation sites is 1. The lowest BCUT2D eigenvalue weighted by atomic mass is 10.1. The zero-order valence-corrected chi connectivity index (χ0v) is 16.1. The van der Waals surface area contributed by atoms with Gasteiger partial charge < -0.3 is 19.8 Å². The molecule has 0 unspecified atom stereocenters. The molecule has 0 fully saturated rings. The minimum atomic E-state index is -1.18. The maximum atomic E-state index is 13.0. The number of ketones is 1. The molecular weight excluding hydrogens is 396 g/mol. The van der Waals surface area contributed by atoms with E-state index in [1.54, 1.807) is 54.6 Å². The van der Waals surface area contributed by atoms with E-state index in [-0.39, 0.29) is 11.3 Å². The van der Waals surface area contributed by atoms with Gasteiger partial charge in [0.25, 0.3) is 5.91 Å². The summed E-state index contributed by atoms with van der Waals surface area (Å²) in [5.41, 5.74) is 0.866. The molecule has 148 valence electrons. The van der Waals surface area contributed by atoms with Gasteiger partial charge in [0, 0.05) is 10.6 Å². The number of amides is 1. The normalized spacial score (nSPS) is 11.4. The highest BCUT2D eigenvalue weighted by Crippen LogP contribution is 2.19. The van der Waals surface area contributed by atoms with E-state index in [1.165, 1.54) is 19.4 Å². The number of halogens is 1. The number of benzene rings is 2. The zero-order chi connectivity index (χ0) is 20.8. The van der Waals surface area contributed by atoms with E-state index in [1.807, 2.05) is 0 Å². The van der Waals surface area contributed by atoms with E-state index >= 15 is 0 Å². The summed E-state index contributed by atoms with van der Waals surface area (Å²) in [6.45, 7) is 0. The standard InChI is InChI=1S/C21H17ClN2O5/c1-28-21(27)15-5-2-3-6-16(15)23-19(24-20(26)17-7-4-12-29-17)18(25)13-8-10-14(22)11-9-13/h2-12,19,23H,1H3,(H,24,26)/t19-/m0/s1. The van der Waals surface area contributed by atoms with Crippen molar-refractivity contribution in [3.63, 3.8) is 0 Å². The van der Waals surface area contributed by atoms with E-state index in [0.717, 1.165) is 0 Å². The average molecular weight is 413 g/mol. The summed E-state index contributed by atoms with van der Waals surface area (Å²) in [5.74, 6) is -1.56. The molecule has 0 aliphatic heterocycles. The number of rotatable bonds is 7. The van der Waals surface area contributed by atoms with Crippen molar-refractivity contribution in [3.05, 3.63) is 88.8 Å². The van der Waals surface area contributed by atoms with Gasteiger partial charge in [0.2, 0.25) is 5.78 Å². The summed E-state index contributed by atoms with van der Waals surface area (Å²) >= 11 is 5.89. The van der Waals surface area contributed by atoms with Gasteiger partial charge in [-0.2, -0.15) is 0 Å². The van der Waals surface area contributed by atoms with Crippen molar-refractivity contribution in [1.82, 2.24) is 5.32 Å². The summed E-state index contributed by atoms with van der Waals surface area (Å²) in [7, 11) is 1.26. The number of hydrogen-bond donors (Lipinski definition) is 2. The van der Waals surface area contributed by atoms with Crippen LogP contribution in [0.1, 0.15) is 31.3 Å². The Morgan fingerprint density at radius 1 is 1.00 bits per heavy atom. The summed E-state index contributed by atoms with van der Waals surface area (Å²) < 4.78 is 9.86. The number of Topliss-reactive ketones (excluding diaryl/α,β-unsaturated/α-hetero) is 1. The van der Waals surface area contributed by atoms with Crippen molar-refractivity contribution < 1.29 is 23.5 Å². The Hall–Kier alpha value is -3.58. The number of anilines is 1. The van der Waals surface area contributed by atoms with Crippen LogP contribution in [0, 0.1) is 0 Å². The first-order valence-corrected chi connectivity index (χ1v) is 8.95. The van der Waals surface area contributed by atoms with Gasteiger partial charge in [-0.15, -0.1) is 0 Å². The second kappa shape index (κ2) is 9.07. The van der Waals surface area contributed by atoms with Gasteiger partial charge in [-0.05, 0) is 48.5 Å². The molecule has 1 amide bonds. The summed E-state index contributed by atoms with van der Waals surface area (Å²) in [6.07, 6.45) is 0.171. The van der Waals surface area contributed by atoms with Crippen LogP contribution in [0.2, 0.25) is 5.02 Å². The Bertz CT molecular complexity index is 1020. The fraction of sp³-hybridized carbons (Fsp3) is 0.0952. The predicted octanol–water partition coefficient (Wildman–Crippen LogP) is 3.77. The zero-order valence-electron chi connectivity index (χ0n) is 15.3. The Balaban J connectivity index is 1.92. The molecule has 8 heteroatoms. The number of furan rings is 1. The van der Waals surface area contributed by atoms with E-state index in [2.05, 4.69) is 10.6 Å². The van der Waals surface area contributed by atoms with Gasteiger partial charge in [0.1, 0.15) is 0 Å². The van der Waals surface area contributed by atoms with Crippen LogP contribution >= 0.6 is 11.6 Å². The number of esters is 1. The molecule has 0 saturated heterocycles. The van der Waals surface area contributed by atoms with Crippen molar-refractivity contribution in [2.45, 2.75) is 6.17 Å². The van der Waals surface area contributed by atoms with Crippen LogP contribution < -0.4 is 10.6 Å². The lowest BCUT2D eigenvalue weighted by Gasteiger charge is -2.21. The Morgan fingerprint density at radius 3 is 2.38 bits per heavy atom. The monoisotopic (exact) mass is 412 g/mol. The third-order valence-electron chi connectivity index (χ3n) is 4.04. The largest absolute Gasteiger partial charge is 0.465 e. The molecular formula is C21H17ClN2O5. The number of carbonyl (C=O) groups excluding carboxylic acids is 3. The Labute approximate surface area is 171 Å². The minimum absolute atomic E-state index is 0.0435. The first-order valence-electron chi connectivity index (χ1n) is 8.57. The van der Waals surface area contributed by atoms with Crippen LogP contribution in [0.3, 0.4) is 0 Å². The molecule has 0 radical (unpaired) electrons. The van der Waals surface area contributed by atoms with Crippen LogP contribution in [0.5, 0.6) is 0 Å². The van der Waals surface area contributed by atoms with Crippen molar-refractivity contribution in [3.8, 4) is 0 Å². The van der Waals surface area contributed by atoms with Crippen LogP contribution in [-0.2, 0) is 4.74 Å². The highest BCUT2D eigenvalue weighted by Gasteiger charge is 2.25. The topological polar surface area (TPSA) is 97.6 Å². The van der Waals surface area contributed by atoms with E-state index in [9.17, 15) is 14.4 Å². The second-order valence-corrected chi connectivity index (χ2v) is 6.37. The SMILES string of the molecule is COC(=O)c1ccccc1N[C@@H](NC(=O)c1ccco1)C(=O)c1ccc(Cl)cc1. The number of methoxy groups -OCH3 is 1. The molecule has 0 spiro atoms. The molecule has 2 aromatic carbocycles. The van der Waals surface area contributed by atoms with E-state index in [0.29, 0.717) is 16.3 Å². The molecule has 0 saturated carbocycles. The summed E-state index contributed by atoms with van der Waals surface area (Å²) in [5, 5.41) is 5.97. The number of nitrogens with one attached hydrogen (secondary N) is 2. The first kappa shape index (κ1) is 20.2. The van der Waals surface area contributed by atoms with Crippen molar-refractivity contribution in [2.24, 2.45) is 0 Å². The van der Waals surface area contributed by atoms with Crippen molar-refractivity contribution >= 4 is 34.9 Å². The van der Waals surface area contributed by atoms with Crippen molar-refractivity contribution in [1.29, 1.82) is 0 Å². The summed E-state index contributed by atoms with van der Waals surface area (Å²) in [6, 6.07) is 15.8.